The molecule has 0 aliphatic carbocycles. The Morgan fingerprint density at radius 1 is 1.62 bits per heavy atom. The second-order valence-electron chi connectivity index (χ2n) is 3.23. The standard InChI is InChI=1S/C9H12N2OS/c12-5-7-6-13-9(11-7)8-3-1-2-4-10-8/h5-6,8,10H,1-4H2. The van der Waals surface area contributed by atoms with Gasteiger partial charge in [-0.2, -0.15) is 0 Å². The van der Waals surface area contributed by atoms with Gasteiger partial charge in [-0.3, -0.25) is 4.79 Å². The van der Waals surface area contributed by atoms with E-state index in [1.165, 1.54) is 12.8 Å². The number of rotatable bonds is 2. The summed E-state index contributed by atoms with van der Waals surface area (Å²) in [4.78, 5) is 14.7. The van der Waals surface area contributed by atoms with Crippen molar-refractivity contribution in [3.05, 3.63) is 16.1 Å². The minimum atomic E-state index is 0.382. The summed E-state index contributed by atoms with van der Waals surface area (Å²) in [5.74, 6) is 0. The SMILES string of the molecule is O=Cc1csc(C2CCCCN2)n1. The summed E-state index contributed by atoms with van der Waals surface area (Å²) in [5, 5.41) is 6.28. The number of hydrogen-bond donors (Lipinski definition) is 1. The lowest BCUT2D eigenvalue weighted by Crippen LogP contribution is -2.26. The van der Waals surface area contributed by atoms with E-state index in [1.807, 2.05) is 5.38 Å². The van der Waals surface area contributed by atoms with Crippen LogP contribution in [0.5, 0.6) is 0 Å². The molecule has 1 aliphatic rings. The second-order valence-corrected chi connectivity index (χ2v) is 4.12. The lowest BCUT2D eigenvalue weighted by molar-refractivity contribution is 0.111. The monoisotopic (exact) mass is 196 g/mol. The van der Waals surface area contributed by atoms with Crippen LogP contribution in [0.2, 0.25) is 0 Å². The van der Waals surface area contributed by atoms with Crippen LogP contribution in [0, 0.1) is 0 Å². The van der Waals surface area contributed by atoms with E-state index in [4.69, 9.17) is 0 Å². The molecule has 0 saturated carbocycles. The quantitative estimate of drug-likeness (QED) is 0.733. The van der Waals surface area contributed by atoms with Gasteiger partial charge < -0.3 is 5.32 Å². The third-order valence-electron chi connectivity index (χ3n) is 2.27. The average Bonchev–Trinajstić information content (AvgIpc) is 2.67. The second kappa shape index (κ2) is 3.98. The first-order valence-corrected chi connectivity index (χ1v) is 5.42. The van der Waals surface area contributed by atoms with Gasteiger partial charge in [0.25, 0.3) is 0 Å². The van der Waals surface area contributed by atoms with Crippen molar-refractivity contribution in [3.8, 4) is 0 Å². The predicted molar refractivity (Wildman–Crippen MR) is 52.1 cm³/mol. The fourth-order valence-corrected chi connectivity index (χ4v) is 2.45. The molecular weight excluding hydrogens is 184 g/mol. The van der Waals surface area contributed by atoms with Crippen molar-refractivity contribution in [2.24, 2.45) is 0 Å². The maximum absolute atomic E-state index is 10.4. The number of piperidine rings is 1. The highest BCUT2D eigenvalue weighted by molar-refractivity contribution is 7.09. The van der Waals surface area contributed by atoms with E-state index in [-0.39, 0.29) is 0 Å². The van der Waals surface area contributed by atoms with E-state index >= 15 is 0 Å². The maximum Gasteiger partial charge on any atom is 0.169 e. The Balaban J connectivity index is 2.09. The highest BCUT2D eigenvalue weighted by atomic mass is 32.1. The molecule has 0 bridgehead atoms. The van der Waals surface area contributed by atoms with Crippen LogP contribution in [-0.4, -0.2) is 17.8 Å². The molecule has 13 heavy (non-hydrogen) atoms. The van der Waals surface area contributed by atoms with Crippen molar-refractivity contribution in [2.45, 2.75) is 25.3 Å². The first-order chi connectivity index (χ1) is 6.40. The summed E-state index contributed by atoms with van der Waals surface area (Å²) < 4.78 is 0. The Morgan fingerprint density at radius 2 is 2.54 bits per heavy atom. The molecule has 1 N–H and O–H groups in total. The van der Waals surface area contributed by atoms with Crippen molar-refractivity contribution in [3.63, 3.8) is 0 Å². The number of hydrogen-bond acceptors (Lipinski definition) is 4. The van der Waals surface area contributed by atoms with E-state index < -0.39 is 0 Å². The van der Waals surface area contributed by atoms with Gasteiger partial charge in [-0.15, -0.1) is 11.3 Å². The Labute approximate surface area is 81.2 Å². The molecule has 1 aromatic rings. The largest absolute Gasteiger partial charge is 0.308 e. The number of aldehydes is 1. The van der Waals surface area contributed by atoms with Crippen LogP contribution in [0.25, 0.3) is 0 Å². The molecule has 1 unspecified atom stereocenters. The smallest absolute Gasteiger partial charge is 0.169 e. The molecule has 1 saturated heterocycles. The minimum Gasteiger partial charge on any atom is -0.308 e. The average molecular weight is 196 g/mol. The number of thiazole rings is 1. The third kappa shape index (κ3) is 1.95. The zero-order valence-electron chi connectivity index (χ0n) is 7.32. The van der Waals surface area contributed by atoms with Crippen molar-refractivity contribution in [1.29, 1.82) is 0 Å². The fraction of sp³-hybridized carbons (Fsp3) is 0.556. The fourth-order valence-electron chi connectivity index (χ4n) is 1.58. The molecule has 3 nitrogen and oxygen atoms in total. The third-order valence-corrected chi connectivity index (χ3v) is 3.25. The van der Waals surface area contributed by atoms with Gasteiger partial charge in [-0.25, -0.2) is 4.98 Å². The number of carbonyl (C=O) groups is 1. The van der Waals surface area contributed by atoms with Crippen LogP contribution in [0.1, 0.15) is 40.8 Å². The van der Waals surface area contributed by atoms with Crippen LogP contribution in [-0.2, 0) is 0 Å². The molecular formula is C9H12N2OS. The summed E-state index contributed by atoms with van der Waals surface area (Å²) in [6.07, 6.45) is 4.46. The van der Waals surface area contributed by atoms with Gasteiger partial charge in [-0.05, 0) is 19.4 Å². The summed E-state index contributed by atoms with van der Waals surface area (Å²) in [5.41, 5.74) is 0.562. The summed E-state index contributed by atoms with van der Waals surface area (Å²) >= 11 is 1.58. The van der Waals surface area contributed by atoms with Crippen molar-refractivity contribution in [2.75, 3.05) is 6.54 Å². The Morgan fingerprint density at radius 3 is 3.15 bits per heavy atom. The van der Waals surface area contributed by atoms with E-state index in [1.54, 1.807) is 11.3 Å². The van der Waals surface area contributed by atoms with Gasteiger partial charge in [0, 0.05) is 5.38 Å². The van der Waals surface area contributed by atoms with E-state index in [0.717, 1.165) is 24.3 Å². The number of nitrogens with one attached hydrogen (secondary N) is 1. The molecule has 2 rings (SSSR count). The molecule has 70 valence electrons. The van der Waals surface area contributed by atoms with Crippen molar-refractivity contribution in [1.82, 2.24) is 10.3 Å². The van der Waals surface area contributed by atoms with Crippen LogP contribution >= 0.6 is 11.3 Å². The van der Waals surface area contributed by atoms with Crippen LogP contribution < -0.4 is 5.32 Å². The zero-order chi connectivity index (χ0) is 9.10. The van der Waals surface area contributed by atoms with Gasteiger partial charge in [0.15, 0.2) is 6.29 Å². The summed E-state index contributed by atoms with van der Waals surface area (Å²) in [7, 11) is 0. The predicted octanol–water partition coefficient (Wildman–Crippen LogP) is 1.77. The van der Waals surface area contributed by atoms with Crippen LogP contribution in [0.4, 0.5) is 0 Å². The molecule has 0 aromatic carbocycles. The van der Waals surface area contributed by atoms with Crippen molar-refractivity contribution < 1.29 is 4.79 Å². The highest BCUT2D eigenvalue weighted by Gasteiger charge is 2.17. The lowest BCUT2D eigenvalue weighted by atomic mass is 10.1. The highest BCUT2D eigenvalue weighted by Crippen LogP contribution is 2.25. The zero-order valence-corrected chi connectivity index (χ0v) is 8.14. The Bertz CT molecular complexity index is 292. The van der Waals surface area contributed by atoms with Crippen LogP contribution in [0.3, 0.4) is 0 Å². The summed E-state index contributed by atoms with van der Waals surface area (Å²) in [6.45, 7) is 1.07. The minimum absolute atomic E-state index is 0.382. The van der Waals surface area contributed by atoms with Gasteiger partial charge in [0.05, 0.1) is 6.04 Å². The molecule has 1 atom stereocenters. The van der Waals surface area contributed by atoms with Crippen LogP contribution in [0.15, 0.2) is 5.38 Å². The van der Waals surface area contributed by atoms with E-state index in [2.05, 4.69) is 10.3 Å². The van der Waals surface area contributed by atoms with Gasteiger partial charge in [0.1, 0.15) is 10.7 Å². The van der Waals surface area contributed by atoms with Gasteiger partial charge >= 0.3 is 0 Å². The lowest BCUT2D eigenvalue weighted by Gasteiger charge is -2.20. The number of carbonyl (C=O) groups excluding carboxylic acids is 1. The normalized spacial score (nSPS) is 22.9. The molecule has 0 spiro atoms. The molecule has 0 radical (unpaired) electrons. The van der Waals surface area contributed by atoms with Gasteiger partial charge in [0.2, 0.25) is 0 Å². The molecule has 1 fully saturated rings. The molecule has 1 aliphatic heterocycles. The van der Waals surface area contributed by atoms with Gasteiger partial charge in [-0.1, -0.05) is 6.42 Å². The van der Waals surface area contributed by atoms with E-state index in [0.29, 0.717) is 11.7 Å². The first kappa shape index (κ1) is 8.84. The first-order valence-electron chi connectivity index (χ1n) is 4.54. The molecule has 4 heteroatoms. The maximum atomic E-state index is 10.4. The van der Waals surface area contributed by atoms with E-state index in [9.17, 15) is 4.79 Å². The molecule has 2 heterocycles. The number of aromatic nitrogens is 1. The molecule has 0 amide bonds. The molecule has 1 aromatic heterocycles. The summed E-state index contributed by atoms with van der Waals surface area (Å²) in [6, 6.07) is 0.382. The van der Waals surface area contributed by atoms with Crippen molar-refractivity contribution >= 4 is 17.6 Å². The Hall–Kier alpha value is -0.740. The number of nitrogens with zero attached hydrogens (tertiary/aromatic N) is 1. The Kier molecular flexibility index (Phi) is 2.71. The topological polar surface area (TPSA) is 42.0 Å².